The van der Waals surface area contributed by atoms with E-state index in [9.17, 15) is 15.0 Å². The molecule has 7 heteroatoms. The molecule has 3 unspecified atom stereocenters. The van der Waals surface area contributed by atoms with E-state index in [0.717, 1.165) is 77.4 Å². The number of ether oxygens (including phenoxy) is 3. The van der Waals surface area contributed by atoms with Crippen molar-refractivity contribution in [2.75, 3.05) is 19.0 Å². The van der Waals surface area contributed by atoms with Crippen molar-refractivity contribution in [3.05, 3.63) is 119 Å². The van der Waals surface area contributed by atoms with E-state index in [1.807, 2.05) is 42.5 Å². The lowest BCUT2D eigenvalue weighted by Gasteiger charge is -2.28. The van der Waals surface area contributed by atoms with Crippen molar-refractivity contribution in [1.29, 1.82) is 0 Å². The number of Topliss-reactive ketones (excluding diaryl/α,β-unsaturated/α-hetero) is 1. The van der Waals surface area contributed by atoms with Gasteiger partial charge < -0.3 is 29.7 Å². The first-order chi connectivity index (χ1) is 26.3. The highest BCUT2D eigenvalue weighted by Gasteiger charge is 2.27. The summed E-state index contributed by atoms with van der Waals surface area (Å²) in [6.45, 7) is 5.42. The van der Waals surface area contributed by atoms with E-state index >= 15 is 0 Å². The molecule has 0 fully saturated rings. The summed E-state index contributed by atoms with van der Waals surface area (Å²) in [6.07, 6.45) is 15.0. The number of rotatable bonds is 11. The van der Waals surface area contributed by atoms with Gasteiger partial charge in [-0.1, -0.05) is 55.7 Å². The molecule has 0 amide bonds. The van der Waals surface area contributed by atoms with Crippen molar-refractivity contribution in [3.63, 3.8) is 0 Å². The number of ketones is 1. The number of aliphatic hydroxyl groups is 1. The molecular weight excluding hydrogens is 675 g/mol. The van der Waals surface area contributed by atoms with Crippen molar-refractivity contribution < 1.29 is 29.2 Å². The molecule has 0 spiro atoms. The molecule has 0 radical (unpaired) electrons. The number of unbranched alkanes of at least 4 members (excludes halogenated alkanes) is 1. The Morgan fingerprint density at radius 3 is 2.65 bits per heavy atom. The Kier molecular flexibility index (Phi) is 13.2. The maximum absolute atomic E-state index is 13.6. The average Bonchev–Trinajstić information content (AvgIpc) is 3.17. The lowest BCUT2D eigenvalue weighted by Crippen LogP contribution is -2.24. The third-order valence-electron chi connectivity index (χ3n) is 10.6. The van der Waals surface area contributed by atoms with Crippen molar-refractivity contribution in [3.8, 4) is 29.3 Å². The minimum Gasteiger partial charge on any atom is -0.508 e. The normalized spacial score (nSPS) is 18.8. The van der Waals surface area contributed by atoms with Gasteiger partial charge in [-0.15, -0.1) is 0 Å². The van der Waals surface area contributed by atoms with Gasteiger partial charge >= 0.3 is 0 Å². The van der Waals surface area contributed by atoms with Crippen LogP contribution in [0.1, 0.15) is 80.2 Å². The second kappa shape index (κ2) is 18.6. The largest absolute Gasteiger partial charge is 0.508 e. The van der Waals surface area contributed by atoms with Crippen LogP contribution in [0.2, 0.25) is 0 Å². The number of aromatic hydroxyl groups is 1. The van der Waals surface area contributed by atoms with Crippen molar-refractivity contribution >= 4 is 22.2 Å². The molecule has 2 aliphatic heterocycles. The van der Waals surface area contributed by atoms with Gasteiger partial charge in [-0.2, -0.15) is 0 Å². The number of hydrogen-bond donors (Lipinski definition) is 3. The number of hydrogen-bond acceptors (Lipinski definition) is 7. The predicted octanol–water partition coefficient (Wildman–Crippen LogP) is 9.97. The average molecular weight is 728 g/mol. The molecule has 6 bridgehead atoms. The maximum Gasteiger partial charge on any atom is 0.161 e. The number of carbonyl (C=O) groups is 1. The second-order valence-electron chi connectivity index (χ2n) is 14.5. The van der Waals surface area contributed by atoms with Crippen LogP contribution in [-0.2, 0) is 41.8 Å². The number of fused-ring (bicyclic) bond motifs is 9. The highest BCUT2D eigenvalue weighted by atomic mass is 16.5. The van der Waals surface area contributed by atoms with Crippen LogP contribution in [0.3, 0.4) is 0 Å². The molecule has 54 heavy (non-hydrogen) atoms. The molecule has 3 atom stereocenters. The zero-order chi connectivity index (χ0) is 37.9. The number of phenolic OH excluding ortho intramolecular Hbond substituents is 1. The molecule has 0 saturated heterocycles. The predicted molar refractivity (Wildman–Crippen MR) is 216 cm³/mol. The van der Waals surface area contributed by atoms with E-state index in [2.05, 4.69) is 67.6 Å². The molecule has 3 N–H and O–H groups in total. The summed E-state index contributed by atoms with van der Waals surface area (Å²) in [4.78, 5) is 13.6. The van der Waals surface area contributed by atoms with Gasteiger partial charge in [0.05, 0.1) is 7.11 Å². The van der Waals surface area contributed by atoms with Crippen LogP contribution in [0.5, 0.6) is 17.2 Å². The minimum absolute atomic E-state index is 0.00152. The van der Waals surface area contributed by atoms with Gasteiger partial charge in [-0.05, 0) is 139 Å². The van der Waals surface area contributed by atoms with Crippen LogP contribution in [-0.4, -0.2) is 35.8 Å². The van der Waals surface area contributed by atoms with Gasteiger partial charge in [0.15, 0.2) is 11.5 Å². The summed E-state index contributed by atoms with van der Waals surface area (Å²) < 4.78 is 18.1. The molecule has 3 aliphatic rings. The molecule has 2 heterocycles. The number of aryl methyl sites for hydroxylation is 3. The zero-order valence-corrected chi connectivity index (χ0v) is 31.8. The lowest BCUT2D eigenvalue weighted by molar-refractivity contribution is -0.121. The molecule has 7 nitrogen and oxygen atoms in total. The van der Waals surface area contributed by atoms with Crippen LogP contribution in [0.15, 0.2) is 90.7 Å². The number of phenols is 1. The monoisotopic (exact) mass is 727 g/mol. The van der Waals surface area contributed by atoms with E-state index in [1.165, 1.54) is 5.56 Å². The highest BCUT2D eigenvalue weighted by molar-refractivity contribution is 5.91. The molecule has 0 saturated carbocycles. The highest BCUT2D eigenvalue weighted by Crippen LogP contribution is 2.35. The van der Waals surface area contributed by atoms with Crippen molar-refractivity contribution in [2.45, 2.75) is 90.8 Å². The molecule has 7 rings (SSSR count). The number of benzene rings is 4. The summed E-state index contributed by atoms with van der Waals surface area (Å²) in [5.41, 5.74) is 6.25. The second-order valence-corrected chi connectivity index (χ2v) is 14.5. The SMILES string of the molecule is CCNc1cccc(CCCCC2C=CC(O)=CC2CC2CC(=O)CCc3ccc(OC)c(c3)OCc3ccc4c(c(O)cc(CC)c4c3)CC#CO2)c1. The van der Waals surface area contributed by atoms with E-state index < -0.39 is 6.10 Å². The van der Waals surface area contributed by atoms with Crippen molar-refractivity contribution in [2.24, 2.45) is 11.8 Å². The van der Waals surface area contributed by atoms with Gasteiger partial charge in [-0.25, -0.2) is 0 Å². The molecular formula is C47H53NO6. The number of carbonyl (C=O) groups excluding carboxylic acids is 1. The number of anilines is 1. The first-order valence-electron chi connectivity index (χ1n) is 19.5. The van der Waals surface area contributed by atoms with Gasteiger partial charge in [-0.3, -0.25) is 4.79 Å². The Bertz CT molecular complexity index is 2050. The standard InChI is InChI=1S/C47H53NO6/c1-4-35-29-45(51)43-14-9-23-53-41(28-37-27-39(49)20-18-36(37)12-7-6-10-32-11-8-13-38(24-32)48-5-2)30-40(50)19-15-33-17-22-46(52-3)47(26-33)54-31-34-16-21-42(43)44(35)25-34/h8,11,13,16-18,20-22,24-27,29,36-37,41,48-49,51H,4-7,10,12,14-15,19,28,30-31H2,1-3H3. The summed E-state index contributed by atoms with van der Waals surface area (Å²) in [5, 5.41) is 27.0. The van der Waals surface area contributed by atoms with Crippen LogP contribution in [0, 0.1) is 23.9 Å². The molecule has 0 aromatic heterocycles. The van der Waals surface area contributed by atoms with Gasteiger partial charge in [0.1, 0.15) is 36.1 Å². The van der Waals surface area contributed by atoms with E-state index in [4.69, 9.17) is 14.2 Å². The maximum atomic E-state index is 13.6. The fourth-order valence-electron chi connectivity index (χ4n) is 7.74. The van der Waals surface area contributed by atoms with Crippen LogP contribution in [0.25, 0.3) is 10.8 Å². The number of aliphatic hydroxyl groups excluding tert-OH is 1. The van der Waals surface area contributed by atoms with E-state index in [0.29, 0.717) is 43.8 Å². The summed E-state index contributed by atoms with van der Waals surface area (Å²) >= 11 is 0. The Hall–Kier alpha value is -5.35. The van der Waals surface area contributed by atoms with E-state index in [1.54, 1.807) is 13.2 Å². The van der Waals surface area contributed by atoms with E-state index in [-0.39, 0.29) is 35.5 Å². The summed E-state index contributed by atoms with van der Waals surface area (Å²) in [5.74, 6) is 5.15. The van der Waals surface area contributed by atoms with Crippen molar-refractivity contribution in [1.82, 2.24) is 0 Å². The Morgan fingerprint density at radius 1 is 0.944 bits per heavy atom. The van der Waals surface area contributed by atoms with Crippen LogP contribution < -0.4 is 14.8 Å². The number of nitrogens with one attached hydrogen (secondary N) is 1. The first kappa shape index (κ1) is 38.4. The Balaban J connectivity index is 1.22. The number of allylic oxidation sites excluding steroid dienone is 3. The van der Waals surface area contributed by atoms with Crippen LogP contribution >= 0.6 is 0 Å². The fourth-order valence-corrected chi connectivity index (χ4v) is 7.74. The topological polar surface area (TPSA) is 97.3 Å². The molecule has 4 aromatic carbocycles. The summed E-state index contributed by atoms with van der Waals surface area (Å²) in [7, 11) is 1.62. The molecule has 1 aliphatic carbocycles. The fraction of sp³-hybridized carbons (Fsp3) is 0.383. The zero-order valence-electron chi connectivity index (χ0n) is 31.8. The third-order valence-corrected chi connectivity index (χ3v) is 10.6. The van der Waals surface area contributed by atoms with Gasteiger partial charge in [0.2, 0.25) is 0 Å². The van der Waals surface area contributed by atoms with Crippen LogP contribution in [0.4, 0.5) is 5.69 Å². The Labute approximate surface area is 320 Å². The lowest BCUT2D eigenvalue weighted by atomic mass is 9.80. The number of methoxy groups -OCH3 is 1. The molecule has 282 valence electrons. The third kappa shape index (κ3) is 9.99. The minimum atomic E-state index is -0.464. The summed E-state index contributed by atoms with van der Waals surface area (Å²) in [6, 6.07) is 22.5. The van der Waals surface area contributed by atoms with Gasteiger partial charge in [0.25, 0.3) is 0 Å². The first-order valence-corrected chi connectivity index (χ1v) is 19.5. The van der Waals surface area contributed by atoms with Gasteiger partial charge in [0, 0.05) is 37.1 Å². The quantitative estimate of drug-likeness (QED) is 0.105. The smallest absolute Gasteiger partial charge is 0.161 e. The Morgan fingerprint density at radius 2 is 1.81 bits per heavy atom. The molecule has 4 aromatic rings.